The number of anilines is 1. The number of carbonyl (C=O) groups excluding carboxylic acids is 1. The Balaban J connectivity index is 2.10. The van der Waals surface area contributed by atoms with Gasteiger partial charge in [0.2, 0.25) is 13.3 Å². The molecule has 0 aliphatic carbocycles. The van der Waals surface area contributed by atoms with Crippen molar-refractivity contribution >= 4 is 24.3 Å². The van der Waals surface area contributed by atoms with Gasteiger partial charge in [0.15, 0.2) is 0 Å². The fourth-order valence-corrected chi connectivity index (χ4v) is 3.02. The maximum atomic E-state index is 13.4. The van der Waals surface area contributed by atoms with Crippen LogP contribution < -0.4 is 10.6 Å². The fourth-order valence-electron chi connectivity index (χ4n) is 1.73. The van der Waals surface area contributed by atoms with Gasteiger partial charge in [0.1, 0.15) is 17.8 Å². The van der Waals surface area contributed by atoms with Crippen LogP contribution in [0.25, 0.3) is 0 Å². The zero-order valence-corrected chi connectivity index (χ0v) is 11.7. The quantitative estimate of drug-likeness (QED) is 0.853. The molecule has 1 atom stereocenters. The minimum Gasteiger partial charge on any atom is -0.341 e. The van der Waals surface area contributed by atoms with Crippen molar-refractivity contribution in [3.05, 3.63) is 60.2 Å². The molecule has 4 nitrogen and oxygen atoms in total. The first kappa shape index (κ1) is 15.4. The molecule has 7 heteroatoms. The zero-order chi connectivity index (χ0) is 15.5. The highest BCUT2D eigenvalue weighted by molar-refractivity contribution is 7.66. The standard InChI is InChI=1S/C14H12F2NO3P/c15-10-6-7-13(12(16)8-10)17-14(18)9-21(19,20)11-4-2-1-3-5-11/h1-8H,9H2,(H,17,18)(H,19,20). The predicted octanol–water partition coefficient (Wildman–Crippen LogP) is 2.50. The number of hydrogen-bond donors (Lipinski definition) is 2. The first-order valence-corrected chi connectivity index (χ1v) is 7.85. The Kier molecular flexibility index (Phi) is 4.50. The van der Waals surface area contributed by atoms with Gasteiger partial charge >= 0.3 is 0 Å². The lowest BCUT2D eigenvalue weighted by molar-refractivity contribution is -0.114. The Labute approximate surface area is 119 Å². The second-order valence-corrected chi connectivity index (χ2v) is 6.60. The molecule has 1 amide bonds. The summed E-state index contributed by atoms with van der Waals surface area (Å²) in [4.78, 5) is 21.6. The van der Waals surface area contributed by atoms with Crippen LogP contribution in [-0.2, 0) is 9.36 Å². The highest BCUT2D eigenvalue weighted by Gasteiger charge is 2.25. The van der Waals surface area contributed by atoms with E-state index in [2.05, 4.69) is 5.32 Å². The van der Waals surface area contributed by atoms with E-state index in [9.17, 15) is 23.0 Å². The highest BCUT2D eigenvalue weighted by atomic mass is 31.2. The van der Waals surface area contributed by atoms with Gasteiger partial charge in [-0.15, -0.1) is 0 Å². The van der Waals surface area contributed by atoms with Crippen LogP contribution in [0.15, 0.2) is 48.5 Å². The van der Waals surface area contributed by atoms with Crippen molar-refractivity contribution < 1.29 is 23.0 Å². The summed E-state index contributed by atoms with van der Waals surface area (Å²) >= 11 is 0. The Morgan fingerprint density at radius 2 is 1.81 bits per heavy atom. The Hall–Kier alpha value is -2.04. The third-order valence-corrected chi connectivity index (χ3v) is 4.54. The van der Waals surface area contributed by atoms with Crippen molar-refractivity contribution in [3.8, 4) is 0 Å². The van der Waals surface area contributed by atoms with Crippen LogP contribution in [0.3, 0.4) is 0 Å². The molecule has 2 N–H and O–H groups in total. The predicted molar refractivity (Wildman–Crippen MR) is 75.8 cm³/mol. The average Bonchev–Trinajstić information content (AvgIpc) is 2.42. The maximum absolute atomic E-state index is 13.4. The third-order valence-electron chi connectivity index (χ3n) is 2.72. The van der Waals surface area contributed by atoms with Gasteiger partial charge in [0.05, 0.1) is 5.69 Å². The molecule has 2 aromatic rings. The highest BCUT2D eigenvalue weighted by Crippen LogP contribution is 2.38. The topological polar surface area (TPSA) is 66.4 Å². The van der Waals surface area contributed by atoms with Crippen LogP contribution in [0.2, 0.25) is 0 Å². The van der Waals surface area contributed by atoms with Gasteiger partial charge in [0.25, 0.3) is 0 Å². The molecule has 0 aromatic heterocycles. The van der Waals surface area contributed by atoms with Crippen LogP contribution in [0, 0.1) is 11.6 Å². The van der Waals surface area contributed by atoms with Gasteiger partial charge < -0.3 is 10.2 Å². The van der Waals surface area contributed by atoms with Gasteiger partial charge in [-0.3, -0.25) is 9.36 Å². The number of amides is 1. The molecular weight excluding hydrogens is 299 g/mol. The SMILES string of the molecule is O=C(CP(=O)(O)c1ccccc1)Nc1ccc(F)cc1F. The van der Waals surface area contributed by atoms with Crippen LogP contribution in [0.4, 0.5) is 14.5 Å². The molecule has 110 valence electrons. The van der Waals surface area contributed by atoms with Crippen LogP contribution in [0.1, 0.15) is 0 Å². The van der Waals surface area contributed by atoms with Crippen molar-refractivity contribution in [1.82, 2.24) is 0 Å². The maximum Gasteiger partial charge on any atom is 0.238 e. The van der Waals surface area contributed by atoms with Crippen molar-refractivity contribution in [3.63, 3.8) is 0 Å². The number of hydrogen-bond acceptors (Lipinski definition) is 2. The van der Waals surface area contributed by atoms with Gasteiger partial charge in [-0.05, 0) is 24.3 Å². The molecule has 21 heavy (non-hydrogen) atoms. The molecule has 2 rings (SSSR count). The fraction of sp³-hybridized carbons (Fsp3) is 0.0714. The van der Waals surface area contributed by atoms with E-state index in [1.54, 1.807) is 18.2 Å². The summed E-state index contributed by atoms with van der Waals surface area (Å²) in [5, 5.41) is 2.29. The lowest BCUT2D eigenvalue weighted by atomic mass is 10.3. The Bertz CT molecular complexity index is 707. The van der Waals surface area contributed by atoms with Crippen molar-refractivity contribution in [2.24, 2.45) is 0 Å². The zero-order valence-electron chi connectivity index (χ0n) is 10.8. The smallest absolute Gasteiger partial charge is 0.238 e. The second-order valence-electron chi connectivity index (χ2n) is 4.37. The summed E-state index contributed by atoms with van der Waals surface area (Å²) in [7, 11) is -3.87. The van der Waals surface area contributed by atoms with Crippen LogP contribution >= 0.6 is 7.37 Å². The Morgan fingerprint density at radius 1 is 1.14 bits per heavy atom. The number of halogens is 2. The molecule has 2 aromatic carbocycles. The minimum atomic E-state index is -3.87. The van der Waals surface area contributed by atoms with E-state index in [0.717, 1.165) is 12.1 Å². The molecule has 0 aliphatic heterocycles. The Morgan fingerprint density at radius 3 is 2.43 bits per heavy atom. The molecule has 0 saturated carbocycles. The number of nitrogens with one attached hydrogen (secondary N) is 1. The molecule has 0 spiro atoms. The van der Waals surface area contributed by atoms with E-state index in [-0.39, 0.29) is 11.0 Å². The monoisotopic (exact) mass is 311 g/mol. The lowest BCUT2D eigenvalue weighted by Gasteiger charge is -2.12. The van der Waals surface area contributed by atoms with E-state index in [1.165, 1.54) is 12.1 Å². The molecule has 0 aliphatic rings. The summed E-state index contributed by atoms with van der Waals surface area (Å²) in [6.45, 7) is 0. The van der Waals surface area contributed by atoms with Gasteiger partial charge in [-0.1, -0.05) is 18.2 Å². The largest absolute Gasteiger partial charge is 0.341 e. The number of benzene rings is 2. The van der Waals surface area contributed by atoms with E-state index in [1.807, 2.05) is 0 Å². The van der Waals surface area contributed by atoms with Crippen molar-refractivity contribution in [1.29, 1.82) is 0 Å². The molecule has 0 bridgehead atoms. The summed E-state index contributed by atoms with van der Waals surface area (Å²) in [6.07, 6.45) is -0.687. The summed E-state index contributed by atoms with van der Waals surface area (Å²) in [5.74, 6) is -2.55. The molecule has 0 radical (unpaired) electrons. The van der Waals surface area contributed by atoms with E-state index < -0.39 is 31.1 Å². The molecule has 0 heterocycles. The van der Waals surface area contributed by atoms with Gasteiger partial charge in [0, 0.05) is 11.4 Å². The normalized spacial score (nSPS) is 13.5. The molecule has 0 fully saturated rings. The average molecular weight is 311 g/mol. The van der Waals surface area contributed by atoms with E-state index in [0.29, 0.717) is 6.07 Å². The van der Waals surface area contributed by atoms with E-state index in [4.69, 9.17) is 0 Å². The third kappa shape index (κ3) is 3.97. The summed E-state index contributed by atoms with van der Waals surface area (Å²) in [5.41, 5.74) is -0.241. The van der Waals surface area contributed by atoms with Crippen molar-refractivity contribution in [2.75, 3.05) is 11.5 Å². The van der Waals surface area contributed by atoms with Gasteiger partial charge in [-0.2, -0.15) is 0 Å². The first-order valence-electron chi connectivity index (χ1n) is 6.01. The lowest BCUT2D eigenvalue weighted by Crippen LogP contribution is -2.20. The molecule has 1 unspecified atom stereocenters. The summed E-state index contributed by atoms with van der Waals surface area (Å²) < 4.78 is 38.2. The molecule has 0 saturated heterocycles. The van der Waals surface area contributed by atoms with E-state index >= 15 is 0 Å². The second kappa shape index (κ2) is 6.16. The van der Waals surface area contributed by atoms with Gasteiger partial charge in [-0.25, -0.2) is 8.78 Å². The number of carbonyl (C=O) groups is 1. The van der Waals surface area contributed by atoms with Crippen molar-refractivity contribution in [2.45, 2.75) is 0 Å². The summed E-state index contributed by atoms with van der Waals surface area (Å²) in [6, 6.07) is 10.4. The minimum absolute atomic E-state index is 0.139. The molecular formula is C14H12F2NO3P. The van der Waals surface area contributed by atoms with Crippen LogP contribution in [-0.4, -0.2) is 17.0 Å². The van der Waals surface area contributed by atoms with Crippen LogP contribution in [0.5, 0.6) is 0 Å². The first-order chi connectivity index (χ1) is 9.88. The number of rotatable bonds is 4.